The van der Waals surface area contributed by atoms with Gasteiger partial charge in [-0.15, -0.1) is 0 Å². The molecule has 0 aliphatic heterocycles. The fourth-order valence-electron chi connectivity index (χ4n) is 2.88. The minimum Gasteiger partial charge on any atom is -0.378 e. The van der Waals surface area contributed by atoms with Crippen LogP contribution in [0.3, 0.4) is 0 Å². The van der Waals surface area contributed by atoms with Crippen LogP contribution in [-0.2, 0) is 6.42 Å². The third-order valence-electron chi connectivity index (χ3n) is 4.55. The molecule has 2 N–H and O–H groups in total. The van der Waals surface area contributed by atoms with Crippen LogP contribution in [0.4, 0.5) is 17.1 Å². The van der Waals surface area contributed by atoms with Crippen LogP contribution in [-0.4, -0.2) is 30.9 Å². The van der Waals surface area contributed by atoms with E-state index >= 15 is 0 Å². The van der Waals surface area contributed by atoms with E-state index in [0.717, 1.165) is 23.4 Å². The van der Waals surface area contributed by atoms with Crippen LogP contribution < -0.4 is 15.5 Å². The van der Waals surface area contributed by atoms with Crippen molar-refractivity contribution in [2.75, 3.05) is 29.6 Å². The summed E-state index contributed by atoms with van der Waals surface area (Å²) < 4.78 is 0. The van der Waals surface area contributed by atoms with Gasteiger partial charge in [-0.3, -0.25) is 14.6 Å². The fraction of sp³-hybridized carbons (Fsp3) is 0.174. The lowest BCUT2D eigenvalue weighted by molar-refractivity contribution is 0.102. The number of aryl methyl sites for hydroxylation is 1. The maximum atomic E-state index is 12.6. The SMILES string of the molecule is CCc1ccccc1NC(=O)c1cncc(C(=O)Nc2ccc(N(C)C)cc2)c1. The van der Waals surface area contributed by atoms with Crippen LogP contribution in [0.15, 0.2) is 67.0 Å². The molecule has 0 aliphatic carbocycles. The van der Waals surface area contributed by atoms with Crippen molar-refractivity contribution >= 4 is 28.9 Å². The van der Waals surface area contributed by atoms with Crippen LogP contribution in [0.25, 0.3) is 0 Å². The quantitative estimate of drug-likeness (QED) is 0.663. The first-order valence-electron chi connectivity index (χ1n) is 9.41. The molecule has 1 aromatic heterocycles. The summed E-state index contributed by atoms with van der Waals surface area (Å²) in [4.78, 5) is 31.2. The number of pyridine rings is 1. The molecule has 3 rings (SSSR count). The molecule has 0 bridgehead atoms. The van der Waals surface area contributed by atoms with Crippen molar-refractivity contribution in [3.05, 3.63) is 83.7 Å². The van der Waals surface area contributed by atoms with E-state index in [9.17, 15) is 9.59 Å². The average Bonchev–Trinajstić information content (AvgIpc) is 2.74. The summed E-state index contributed by atoms with van der Waals surface area (Å²) in [6.45, 7) is 2.03. The predicted molar refractivity (Wildman–Crippen MR) is 117 cm³/mol. The zero-order chi connectivity index (χ0) is 20.8. The van der Waals surface area contributed by atoms with Gasteiger partial charge in [0.2, 0.25) is 0 Å². The number of rotatable bonds is 6. The van der Waals surface area contributed by atoms with E-state index < -0.39 is 0 Å². The Bertz CT molecular complexity index is 1010. The summed E-state index contributed by atoms with van der Waals surface area (Å²) in [6.07, 6.45) is 3.70. The monoisotopic (exact) mass is 388 g/mol. The fourth-order valence-corrected chi connectivity index (χ4v) is 2.88. The third kappa shape index (κ3) is 4.99. The number of carbonyl (C=O) groups is 2. The van der Waals surface area contributed by atoms with Crippen molar-refractivity contribution in [1.82, 2.24) is 4.98 Å². The van der Waals surface area contributed by atoms with E-state index in [1.807, 2.05) is 74.4 Å². The Kier molecular flexibility index (Phi) is 6.24. The number of aromatic nitrogens is 1. The van der Waals surface area contributed by atoms with Gasteiger partial charge in [-0.25, -0.2) is 0 Å². The van der Waals surface area contributed by atoms with Crippen LogP contribution >= 0.6 is 0 Å². The number of hydrogen-bond donors (Lipinski definition) is 2. The molecule has 0 spiro atoms. The summed E-state index contributed by atoms with van der Waals surface area (Å²) in [5, 5.41) is 5.72. The summed E-state index contributed by atoms with van der Waals surface area (Å²) in [5.74, 6) is -0.623. The smallest absolute Gasteiger partial charge is 0.257 e. The first kappa shape index (κ1) is 20.1. The van der Waals surface area contributed by atoms with Crippen molar-refractivity contribution < 1.29 is 9.59 Å². The third-order valence-corrected chi connectivity index (χ3v) is 4.55. The molecule has 0 atom stereocenters. The Balaban J connectivity index is 1.72. The summed E-state index contributed by atoms with van der Waals surface area (Å²) in [7, 11) is 3.91. The molecule has 0 unspecified atom stereocenters. The Labute approximate surface area is 170 Å². The zero-order valence-corrected chi connectivity index (χ0v) is 16.8. The van der Waals surface area contributed by atoms with E-state index in [0.29, 0.717) is 16.8 Å². The van der Waals surface area contributed by atoms with E-state index in [1.54, 1.807) is 6.07 Å². The first-order valence-corrected chi connectivity index (χ1v) is 9.41. The number of anilines is 3. The minimum absolute atomic E-state index is 0.302. The molecule has 3 aromatic rings. The predicted octanol–water partition coefficient (Wildman–Crippen LogP) is 4.21. The van der Waals surface area contributed by atoms with Crippen LogP contribution in [0.5, 0.6) is 0 Å². The Morgan fingerprint density at radius 2 is 1.52 bits per heavy atom. The number of nitrogens with one attached hydrogen (secondary N) is 2. The lowest BCUT2D eigenvalue weighted by atomic mass is 10.1. The lowest BCUT2D eigenvalue weighted by Gasteiger charge is -2.13. The van der Waals surface area contributed by atoms with E-state index in [-0.39, 0.29) is 11.8 Å². The van der Waals surface area contributed by atoms with Gasteiger partial charge < -0.3 is 15.5 Å². The highest BCUT2D eigenvalue weighted by Crippen LogP contribution is 2.18. The highest BCUT2D eigenvalue weighted by atomic mass is 16.2. The number of amides is 2. The van der Waals surface area contributed by atoms with Crippen molar-refractivity contribution in [3.8, 4) is 0 Å². The molecule has 2 aromatic carbocycles. The number of benzene rings is 2. The molecule has 0 saturated heterocycles. The molecule has 0 aliphatic rings. The van der Waals surface area contributed by atoms with E-state index in [2.05, 4.69) is 15.6 Å². The van der Waals surface area contributed by atoms with Gasteiger partial charge in [0.15, 0.2) is 0 Å². The van der Waals surface area contributed by atoms with Crippen molar-refractivity contribution in [2.45, 2.75) is 13.3 Å². The first-order chi connectivity index (χ1) is 14.0. The van der Waals surface area contributed by atoms with Crippen molar-refractivity contribution in [3.63, 3.8) is 0 Å². The summed E-state index contributed by atoms with van der Waals surface area (Å²) in [5.41, 5.74) is 4.16. The molecular formula is C23H24N4O2. The molecule has 29 heavy (non-hydrogen) atoms. The lowest BCUT2D eigenvalue weighted by Crippen LogP contribution is -2.17. The topological polar surface area (TPSA) is 74.3 Å². The number of para-hydroxylation sites is 1. The van der Waals surface area contributed by atoms with Gasteiger partial charge in [0.25, 0.3) is 11.8 Å². The maximum Gasteiger partial charge on any atom is 0.257 e. The number of carbonyl (C=O) groups excluding carboxylic acids is 2. The highest BCUT2D eigenvalue weighted by molar-refractivity contribution is 6.08. The van der Waals surface area contributed by atoms with E-state index in [1.165, 1.54) is 12.4 Å². The minimum atomic E-state index is -0.321. The van der Waals surface area contributed by atoms with Gasteiger partial charge in [-0.05, 0) is 48.4 Å². The van der Waals surface area contributed by atoms with Gasteiger partial charge in [0.05, 0.1) is 11.1 Å². The molecule has 0 saturated carbocycles. The molecule has 0 fully saturated rings. The summed E-state index contributed by atoms with van der Waals surface area (Å²) in [6, 6.07) is 16.7. The summed E-state index contributed by atoms with van der Waals surface area (Å²) >= 11 is 0. The van der Waals surface area contributed by atoms with Gasteiger partial charge in [-0.1, -0.05) is 25.1 Å². The van der Waals surface area contributed by atoms with Gasteiger partial charge in [0.1, 0.15) is 0 Å². The molecule has 2 amide bonds. The Morgan fingerprint density at radius 3 is 2.14 bits per heavy atom. The molecule has 1 heterocycles. The average molecular weight is 388 g/mol. The van der Waals surface area contributed by atoms with Crippen molar-refractivity contribution in [1.29, 1.82) is 0 Å². The number of hydrogen-bond acceptors (Lipinski definition) is 4. The number of nitrogens with zero attached hydrogens (tertiary/aromatic N) is 2. The zero-order valence-electron chi connectivity index (χ0n) is 16.8. The Morgan fingerprint density at radius 1 is 0.897 bits per heavy atom. The molecule has 6 heteroatoms. The van der Waals surface area contributed by atoms with Crippen molar-refractivity contribution in [2.24, 2.45) is 0 Å². The van der Waals surface area contributed by atoms with Gasteiger partial charge >= 0.3 is 0 Å². The second-order valence-corrected chi connectivity index (χ2v) is 6.82. The Hall–Kier alpha value is -3.67. The highest BCUT2D eigenvalue weighted by Gasteiger charge is 2.13. The van der Waals surface area contributed by atoms with E-state index in [4.69, 9.17) is 0 Å². The molecular weight excluding hydrogens is 364 g/mol. The normalized spacial score (nSPS) is 10.3. The van der Waals surface area contributed by atoms with Crippen LogP contribution in [0, 0.1) is 0 Å². The second-order valence-electron chi connectivity index (χ2n) is 6.82. The molecule has 148 valence electrons. The molecule has 6 nitrogen and oxygen atoms in total. The van der Waals surface area contributed by atoms with Gasteiger partial charge in [0, 0.05) is 43.6 Å². The largest absolute Gasteiger partial charge is 0.378 e. The second kappa shape index (κ2) is 9.01. The van der Waals surface area contributed by atoms with Crippen LogP contribution in [0.2, 0.25) is 0 Å². The maximum absolute atomic E-state index is 12.6. The molecule has 0 radical (unpaired) electrons. The van der Waals surface area contributed by atoms with Crippen LogP contribution in [0.1, 0.15) is 33.2 Å². The standard InChI is InChI=1S/C23H24N4O2/c1-4-16-7-5-6-8-21(16)26-23(29)18-13-17(14-24-15-18)22(28)25-19-9-11-20(12-10-19)27(2)3/h5-15H,4H2,1-3H3,(H,25,28)(H,26,29). The van der Waals surface area contributed by atoms with Gasteiger partial charge in [-0.2, -0.15) is 0 Å².